The molecule has 0 fully saturated rings. The van der Waals surface area contributed by atoms with Crippen LogP contribution >= 0.6 is 0 Å². The van der Waals surface area contributed by atoms with E-state index in [2.05, 4.69) is 0 Å². The minimum absolute atomic E-state index is 0. The summed E-state index contributed by atoms with van der Waals surface area (Å²) in [5.41, 5.74) is 0. The molecule has 0 aromatic heterocycles. The summed E-state index contributed by atoms with van der Waals surface area (Å²) < 4.78 is 0. The fourth-order valence-electron chi connectivity index (χ4n) is 0. The van der Waals surface area contributed by atoms with E-state index in [1.807, 2.05) is 0 Å². The molecule has 0 atom stereocenters. The zero-order valence-electron chi connectivity index (χ0n) is 3.76. The monoisotopic (exact) mass is 162 g/mol. The second-order valence-electron chi connectivity index (χ2n) is 0. The Morgan fingerprint density at radius 3 is 1.50 bits per heavy atom. The topological polar surface area (TPSA) is 20.2 Å². The van der Waals surface area contributed by atoms with Crippen LogP contribution in [0.25, 0.3) is 0 Å². The van der Waals surface area contributed by atoms with E-state index in [1.54, 1.807) is 0 Å². The van der Waals surface area contributed by atoms with E-state index in [9.17, 15) is 0 Å². The quantitative estimate of drug-likeness (QED) is 0.371. The van der Waals surface area contributed by atoms with Gasteiger partial charge >= 0.3 is 29.6 Å². The molecule has 0 aliphatic carbocycles. The predicted octanol–water partition coefficient (Wildman–Crippen LogP) is -3.28. The van der Waals surface area contributed by atoms with Crippen molar-refractivity contribution in [2.75, 3.05) is 7.11 Å². The predicted molar refractivity (Wildman–Crippen MR) is 9.25 cm³/mol. The van der Waals surface area contributed by atoms with Gasteiger partial charge in [-0.2, -0.15) is 0 Å². The van der Waals surface area contributed by atoms with Gasteiger partial charge < -0.3 is 6.53 Å². The maximum absolute atomic E-state index is 7.00. The van der Waals surface area contributed by atoms with Gasteiger partial charge in [0.2, 0.25) is 0 Å². The molecule has 3 heteroatoms. The third kappa shape index (κ3) is 9.46. The first kappa shape index (κ1) is 17.5. The van der Waals surface area contributed by atoms with Crippen molar-refractivity contribution >= 4 is 0 Å². The molecule has 0 rings (SSSR count). The zero-order chi connectivity index (χ0) is 2.00. The molecule has 0 radical (unpaired) electrons. The van der Waals surface area contributed by atoms with E-state index in [0.717, 1.165) is 7.11 Å². The van der Waals surface area contributed by atoms with Crippen molar-refractivity contribution in [2.45, 2.75) is 0 Å². The van der Waals surface area contributed by atoms with E-state index < -0.39 is 0 Å². The largest absolute Gasteiger partial charge is 1.00 e. The number of aliphatic hydroxyl groups is 1. The van der Waals surface area contributed by atoms with Gasteiger partial charge in [0.25, 0.3) is 0 Å². The van der Waals surface area contributed by atoms with Crippen LogP contribution in [0.5, 0.6) is 0 Å². The summed E-state index contributed by atoms with van der Waals surface area (Å²) >= 11 is 0. The summed E-state index contributed by atoms with van der Waals surface area (Å²) in [7, 11) is 1.00. The molecule has 0 heterocycles. The molecule has 0 bridgehead atoms. The fraction of sp³-hybridized carbons (Fsp3) is 1.00. The number of hydrogen-bond acceptors (Lipinski definition) is 1. The van der Waals surface area contributed by atoms with Gasteiger partial charge in [0, 0.05) is 27.5 Å². The van der Waals surface area contributed by atoms with Gasteiger partial charge in [-0.05, 0) is 0 Å². The number of aliphatic hydroxyl groups excluding tert-OH is 1. The molecule has 0 aliphatic heterocycles. The molecule has 26 valence electrons. The van der Waals surface area contributed by atoms with Crippen LogP contribution in [0, 0.1) is 0 Å². The maximum atomic E-state index is 7.00. The van der Waals surface area contributed by atoms with Gasteiger partial charge in [-0.1, -0.05) is 0 Å². The molecule has 0 aromatic rings. The minimum atomic E-state index is 0. The summed E-state index contributed by atoms with van der Waals surface area (Å²) in [6, 6.07) is 0. The van der Waals surface area contributed by atoms with E-state index >= 15 is 0 Å². The third-order valence-electron chi connectivity index (χ3n) is 0. The van der Waals surface area contributed by atoms with Crippen LogP contribution in [0.3, 0.4) is 0 Å². The van der Waals surface area contributed by atoms with Gasteiger partial charge in [-0.3, -0.25) is 0 Å². The zero-order valence-corrected chi connectivity index (χ0v) is 6.32. The van der Waals surface area contributed by atoms with Crippen molar-refractivity contribution in [3.63, 3.8) is 0 Å². The van der Waals surface area contributed by atoms with Gasteiger partial charge in [-0.15, -0.1) is 0 Å². The molecule has 0 saturated carbocycles. The first-order chi connectivity index (χ1) is 1.00. The van der Waals surface area contributed by atoms with Crippen molar-refractivity contribution in [3.8, 4) is 0 Å². The summed E-state index contributed by atoms with van der Waals surface area (Å²) in [4.78, 5) is 0. The van der Waals surface area contributed by atoms with Gasteiger partial charge in [0.1, 0.15) is 0 Å². The molecular formula is CH5NaOPd. The second-order valence-corrected chi connectivity index (χ2v) is 0. The Kier molecular flexibility index (Phi) is 101. The molecular weight excluding hydrogens is 157 g/mol. The van der Waals surface area contributed by atoms with Crippen molar-refractivity contribution in [2.24, 2.45) is 0 Å². The molecule has 0 aromatic carbocycles. The third-order valence-corrected chi connectivity index (χ3v) is 0. The van der Waals surface area contributed by atoms with Crippen molar-refractivity contribution in [3.05, 3.63) is 0 Å². The summed E-state index contributed by atoms with van der Waals surface area (Å²) in [6.45, 7) is 0. The van der Waals surface area contributed by atoms with Crippen molar-refractivity contribution < 1.29 is 56.5 Å². The average molecular weight is 162 g/mol. The Hall–Kier alpha value is 1.62. The molecule has 4 heavy (non-hydrogen) atoms. The van der Waals surface area contributed by atoms with Gasteiger partial charge in [-0.25, -0.2) is 0 Å². The average Bonchev–Trinajstić information content (AvgIpc) is 1.00. The molecule has 0 amide bonds. The first-order valence-electron chi connectivity index (χ1n) is 0.447. The molecule has 0 spiro atoms. The summed E-state index contributed by atoms with van der Waals surface area (Å²) in [5, 5.41) is 7.00. The minimum Gasteiger partial charge on any atom is -1.00 e. The maximum Gasteiger partial charge on any atom is 1.00 e. The summed E-state index contributed by atoms with van der Waals surface area (Å²) in [6.07, 6.45) is 0. The van der Waals surface area contributed by atoms with Crippen LogP contribution in [0.1, 0.15) is 1.43 Å². The Balaban J connectivity index is -0.00000000167. The molecule has 1 nitrogen and oxygen atoms in total. The first-order valence-corrected chi connectivity index (χ1v) is 0.447. The second kappa shape index (κ2) is 23.0. The van der Waals surface area contributed by atoms with E-state index in [1.165, 1.54) is 0 Å². The smallest absolute Gasteiger partial charge is 1.00 e. The Morgan fingerprint density at radius 1 is 1.50 bits per heavy atom. The normalized spacial score (nSPS) is 1.50. The Bertz CT molecular complexity index is 11.6. The standard InChI is InChI=1S/CH4O.Na.Pd.H/c1-2;;;/h2H,1H3;;;/q;+1;;-1. The van der Waals surface area contributed by atoms with E-state index in [-0.39, 0.29) is 51.4 Å². The van der Waals surface area contributed by atoms with Crippen LogP contribution in [0.15, 0.2) is 0 Å². The van der Waals surface area contributed by atoms with Gasteiger partial charge in [0.15, 0.2) is 0 Å². The van der Waals surface area contributed by atoms with E-state index in [0.29, 0.717) is 0 Å². The SMILES string of the molecule is CO.[H-].[Na+].[Pd]. The van der Waals surface area contributed by atoms with Crippen LogP contribution in [0.4, 0.5) is 0 Å². The molecule has 0 saturated heterocycles. The Labute approximate surface area is 63.2 Å². The summed E-state index contributed by atoms with van der Waals surface area (Å²) in [5.74, 6) is 0. The molecule has 0 aliphatic rings. The van der Waals surface area contributed by atoms with Crippen LogP contribution < -0.4 is 29.6 Å². The van der Waals surface area contributed by atoms with Gasteiger partial charge in [0.05, 0.1) is 0 Å². The van der Waals surface area contributed by atoms with E-state index in [4.69, 9.17) is 5.11 Å². The Morgan fingerprint density at radius 2 is 1.50 bits per heavy atom. The van der Waals surface area contributed by atoms with Crippen molar-refractivity contribution in [1.29, 1.82) is 0 Å². The molecule has 1 N–H and O–H groups in total. The van der Waals surface area contributed by atoms with Crippen molar-refractivity contribution in [1.82, 2.24) is 0 Å². The van der Waals surface area contributed by atoms with Crippen LogP contribution in [0.2, 0.25) is 0 Å². The number of hydrogen-bond donors (Lipinski definition) is 1. The fourth-order valence-corrected chi connectivity index (χ4v) is 0. The number of rotatable bonds is 0. The molecule has 0 unspecified atom stereocenters. The van der Waals surface area contributed by atoms with Crippen LogP contribution in [-0.4, -0.2) is 12.2 Å². The van der Waals surface area contributed by atoms with Crippen LogP contribution in [-0.2, 0) is 20.4 Å².